The topological polar surface area (TPSA) is 71.2 Å². The number of pyridine rings is 1. The van der Waals surface area contributed by atoms with Crippen molar-refractivity contribution in [2.75, 3.05) is 13.2 Å². The van der Waals surface area contributed by atoms with Crippen molar-refractivity contribution < 1.29 is 14.3 Å². The van der Waals surface area contributed by atoms with Crippen molar-refractivity contribution in [3.63, 3.8) is 0 Å². The number of halogens is 1. The number of piperidine rings is 1. The monoisotopic (exact) mass is 408 g/mol. The highest BCUT2D eigenvalue weighted by Gasteiger charge is 2.32. The summed E-state index contributed by atoms with van der Waals surface area (Å²) in [4.78, 5) is 19.1. The minimum absolute atomic E-state index is 0.0164. The van der Waals surface area contributed by atoms with Crippen LogP contribution in [0.4, 0.5) is 4.39 Å². The Bertz CT molecular complexity index is 1010. The highest BCUT2D eigenvalue weighted by atomic mass is 19.1. The third-order valence-corrected chi connectivity index (χ3v) is 5.55. The van der Waals surface area contributed by atoms with Crippen LogP contribution in [-0.4, -0.2) is 43.8 Å². The van der Waals surface area contributed by atoms with E-state index in [-0.39, 0.29) is 30.8 Å². The quantitative estimate of drug-likeness (QED) is 0.679. The number of hydrogen-bond acceptors (Lipinski definition) is 4. The molecule has 6 nitrogen and oxygen atoms in total. The molecule has 7 heteroatoms. The van der Waals surface area contributed by atoms with Crippen molar-refractivity contribution >= 4 is 5.91 Å². The second-order valence-electron chi connectivity index (χ2n) is 7.52. The molecule has 3 aromatic rings. The average Bonchev–Trinajstić information content (AvgIpc) is 3.20. The van der Waals surface area contributed by atoms with Crippen LogP contribution in [0.1, 0.15) is 36.6 Å². The first-order valence-corrected chi connectivity index (χ1v) is 10.3. The van der Waals surface area contributed by atoms with E-state index in [9.17, 15) is 14.3 Å². The number of rotatable bonds is 6. The maximum absolute atomic E-state index is 14.1. The summed E-state index contributed by atoms with van der Waals surface area (Å²) in [6, 6.07) is 10.1. The summed E-state index contributed by atoms with van der Waals surface area (Å²) in [5, 5.41) is 14.1. The van der Waals surface area contributed by atoms with Crippen molar-refractivity contribution in [3.8, 4) is 11.1 Å². The SMILES string of the molecule is O=C(Cc1ccccc1F)N1CCCC[C@@H]1c1nn(CCO)cc1-c1ccncc1. The number of carbonyl (C=O) groups is 1. The summed E-state index contributed by atoms with van der Waals surface area (Å²) in [5.74, 6) is -0.453. The Hall–Kier alpha value is -3.06. The first-order chi connectivity index (χ1) is 14.7. The molecule has 156 valence electrons. The van der Waals surface area contributed by atoms with E-state index in [2.05, 4.69) is 4.98 Å². The van der Waals surface area contributed by atoms with E-state index in [0.717, 1.165) is 36.1 Å². The fraction of sp³-hybridized carbons (Fsp3) is 0.348. The molecule has 1 atom stereocenters. The second-order valence-corrected chi connectivity index (χ2v) is 7.52. The molecule has 0 bridgehead atoms. The number of aliphatic hydroxyl groups excluding tert-OH is 1. The third-order valence-electron chi connectivity index (χ3n) is 5.55. The zero-order valence-electron chi connectivity index (χ0n) is 16.7. The molecule has 0 aliphatic carbocycles. The summed E-state index contributed by atoms with van der Waals surface area (Å²) in [5.41, 5.74) is 3.13. The number of carbonyl (C=O) groups excluding carboxylic acids is 1. The van der Waals surface area contributed by atoms with Crippen LogP contribution < -0.4 is 0 Å². The van der Waals surface area contributed by atoms with Crippen LogP contribution in [0.25, 0.3) is 11.1 Å². The molecule has 1 aliphatic heterocycles. The van der Waals surface area contributed by atoms with Crippen LogP contribution in [0.5, 0.6) is 0 Å². The first kappa shape index (κ1) is 20.2. The lowest BCUT2D eigenvalue weighted by Crippen LogP contribution is -2.40. The number of amides is 1. The summed E-state index contributed by atoms with van der Waals surface area (Å²) in [6.45, 7) is 0.992. The van der Waals surface area contributed by atoms with Gasteiger partial charge in [0.15, 0.2) is 0 Å². The maximum atomic E-state index is 14.1. The summed E-state index contributed by atoms with van der Waals surface area (Å²) >= 11 is 0. The Labute approximate surface area is 175 Å². The number of hydrogen-bond donors (Lipinski definition) is 1. The van der Waals surface area contributed by atoms with Crippen molar-refractivity contribution in [2.24, 2.45) is 0 Å². The van der Waals surface area contributed by atoms with Gasteiger partial charge in [-0.25, -0.2) is 4.39 Å². The van der Waals surface area contributed by atoms with Gasteiger partial charge >= 0.3 is 0 Å². The molecule has 30 heavy (non-hydrogen) atoms. The Morgan fingerprint density at radius 1 is 1.17 bits per heavy atom. The van der Waals surface area contributed by atoms with Gasteiger partial charge in [0, 0.05) is 30.7 Å². The molecule has 3 heterocycles. The standard InChI is InChI=1S/C23H25FN4O2/c24-20-6-2-1-5-18(20)15-22(30)28-12-4-3-7-21(28)23-19(16-27(26-23)13-14-29)17-8-10-25-11-9-17/h1-2,5-6,8-11,16,21,29H,3-4,7,12-15H2/t21-/m1/s1. The molecule has 1 N–H and O–H groups in total. The van der Waals surface area contributed by atoms with Gasteiger partial charge in [-0.15, -0.1) is 0 Å². The lowest BCUT2D eigenvalue weighted by molar-refractivity contribution is -0.134. The van der Waals surface area contributed by atoms with Crippen LogP contribution in [-0.2, 0) is 17.8 Å². The number of benzene rings is 1. The molecule has 1 saturated heterocycles. The molecule has 2 aromatic heterocycles. The third kappa shape index (κ3) is 4.26. The van der Waals surface area contributed by atoms with E-state index in [1.54, 1.807) is 35.3 Å². The lowest BCUT2D eigenvalue weighted by Gasteiger charge is -2.35. The van der Waals surface area contributed by atoms with E-state index in [0.29, 0.717) is 18.7 Å². The fourth-order valence-corrected chi connectivity index (χ4v) is 4.07. The number of nitrogens with zero attached hydrogens (tertiary/aromatic N) is 4. The molecule has 1 fully saturated rings. The maximum Gasteiger partial charge on any atom is 0.227 e. The normalized spacial score (nSPS) is 16.6. The Morgan fingerprint density at radius 2 is 1.97 bits per heavy atom. The van der Waals surface area contributed by atoms with Crippen molar-refractivity contribution in [3.05, 3.63) is 72.1 Å². The molecule has 0 unspecified atom stereocenters. The first-order valence-electron chi connectivity index (χ1n) is 10.3. The number of likely N-dealkylation sites (tertiary alicyclic amines) is 1. The van der Waals surface area contributed by atoms with E-state index in [1.807, 2.05) is 23.2 Å². The van der Waals surface area contributed by atoms with E-state index in [1.165, 1.54) is 6.07 Å². The highest BCUT2D eigenvalue weighted by molar-refractivity contribution is 5.80. The summed E-state index contributed by atoms with van der Waals surface area (Å²) in [6.07, 6.45) is 8.12. The van der Waals surface area contributed by atoms with Crippen molar-refractivity contribution in [2.45, 2.75) is 38.3 Å². The Balaban J connectivity index is 1.67. The second kappa shape index (κ2) is 9.17. The Morgan fingerprint density at radius 3 is 2.73 bits per heavy atom. The van der Waals surface area contributed by atoms with E-state index >= 15 is 0 Å². The molecule has 1 aliphatic rings. The van der Waals surface area contributed by atoms with Gasteiger partial charge in [-0.05, 0) is 48.6 Å². The zero-order valence-corrected chi connectivity index (χ0v) is 16.7. The lowest BCUT2D eigenvalue weighted by atomic mass is 9.94. The molecule has 1 aromatic carbocycles. The smallest absolute Gasteiger partial charge is 0.227 e. The van der Waals surface area contributed by atoms with Gasteiger partial charge in [-0.3, -0.25) is 14.5 Å². The van der Waals surface area contributed by atoms with Crippen LogP contribution >= 0.6 is 0 Å². The van der Waals surface area contributed by atoms with Gasteiger partial charge in [0.05, 0.1) is 31.3 Å². The van der Waals surface area contributed by atoms with Gasteiger partial charge in [-0.2, -0.15) is 5.10 Å². The van der Waals surface area contributed by atoms with Crippen LogP contribution in [0.3, 0.4) is 0 Å². The summed E-state index contributed by atoms with van der Waals surface area (Å²) < 4.78 is 15.8. The van der Waals surface area contributed by atoms with E-state index in [4.69, 9.17) is 5.10 Å². The number of aromatic nitrogens is 3. The van der Waals surface area contributed by atoms with Crippen molar-refractivity contribution in [1.29, 1.82) is 0 Å². The van der Waals surface area contributed by atoms with Gasteiger partial charge in [-0.1, -0.05) is 18.2 Å². The molecule has 0 saturated carbocycles. The van der Waals surface area contributed by atoms with Crippen LogP contribution in [0.15, 0.2) is 55.0 Å². The predicted molar refractivity (Wildman–Crippen MR) is 111 cm³/mol. The fourth-order valence-electron chi connectivity index (χ4n) is 4.07. The van der Waals surface area contributed by atoms with Crippen LogP contribution in [0.2, 0.25) is 0 Å². The number of aliphatic hydroxyl groups is 1. The minimum Gasteiger partial charge on any atom is -0.394 e. The van der Waals surface area contributed by atoms with Gasteiger partial charge in [0.2, 0.25) is 5.91 Å². The van der Waals surface area contributed by atoms with E-state index < -0.39 is 0 Å². The molecular weight excluding hydrogens is 383 g/mol. The largest absolute Gasteiger partial charge is 0.394 e. The molecule has 0 radical (unpaired) electrons. The Kier molecular flexibility index (Phi) is 6.18. The highest BCUT2D eigenvalue weighted by Crippen LogP contribution is 2.36. The minimum atomic E-state index is -0.357. The van der Waals surface area contributed by atoms with Crippen LogP contribution in [0, 0.1) is 5.82 Å². The molecular formula is C23H25FN4O2. The molecule has 0 spiro atoms. The van der Waals surface area contributed by atoms with Gasteiger partial charge in [0.25, 0.3) is 0 Å². The molecule has 1 amide bonds. The van der Waals surface area contributed by atoms with Gasteiger partial charge in [0.1, 0.15) is 5.82 Å². The predicted octanol–water partition coefficient (Wildman–Crippen LogP) is 3.37. The summed E-state index contributed by atoms with van der Waals surface area (Å²) in [7, 11) is 0. The zero-order chi connectivity index (χ0) is 20.9. The van der Waals surface area contributed by atoms with Crippen molar-refractivity contribution in [1.82, 2.24) is 19.7 Å². The average molecular weight is 408 g/mol. The van der Waals surface area contributed by atoms with Gasteiger partial charge < -0.3 is 10.0 Å². The molecule has 4 rings (SSSR count).